The lowest BCUT2D eigenvalue weighted by Gasteiger charge is -2.17. The van der Waals surface area contributed by atoms with Gasteiger partial charge in [0.05, 0.1) is 11.4 Å². The highest BCUT2D eigenvalue weighted by atomic mass is 16.6. The van der Waals surface area contributed by atoms with Crippen LogP contribution < -0.4 is 22.9 Å². The highest BCUT2D eigenvalue weighted by Gasteiger charge is 2.16. The number of nitrogens with zero attached hydrogens (tertiary/aromatic N) is 2. The molecule has 0 radical (unpaired) electrons. The number of ketones is 2. The molecule has 4 aliphatic carbocycles. The summed E-state index contributed by atoms with van der Waals surface area (Å²) in [5.74, 6) is 0.718. The molecule has 1 unspecified atom stereocenters. The normalized spacial score (nSPS) is 27.2. The summed E-state index contributed by atoms with van der Waals surface area (Å²) in [7, 11) is 1.58. The number of carbonyl (C=O) groups excluding carboxylic acids is 2. The van der Waals surface area contributed by atoms with Gasteiger partial charge >= 0.3 is 0 Å². The van der Waals surface area contributed by atoms with Crippen LogP contribution in [0.4, 0.5) is 0 Å². The molecule has 0 saturated heterocycles. The van der Waals surface area contributed by atoms with Crippen LogP contribution in [0.15, 0.2) is 10.3 Å². The SMILES string of the molecule is CON=C1CCC(N)CC1.NC1CCC(=NO)CC1.NC1CCC(=O)CC1.NC1CCCC(=O)C1. The molecular weight excluding hydrogens is 448 g/mol. The van der Waals surface area contributed by atoms with Gasteiger partial charge in [0.2, 0.25) is 0 Å². The fourth-order valence-corrected chi connectivity index (χ4v) is 4.29. The van der Waals surface area contributed by atoms with Crippen molar-refractivity contribution in [3.8, 4) is 0 Å². The lowest BCUT2D eigenvalue weighted by molar-refractivity contribution is -0.121. The average molecular weight is 497 g/mol. The summed E-state index contributed by atoms with van der Waals surface area (Å²) in [5.41, 5.74) is 24.4. The number of oxime groups is 2. The van der Waals surface area contributed by atoms with Crippen molar-refractivity contribution in [3.05, 3.63) is 0 Å². The zero-order valence-electron chi connectivity index (χ0n) is 21.5. The maximum Gasteiger partial charge on any atom is 0.134 e. The van der Waals surface area contributed by atoms with Crippen LogP contribution >= 0.6 is 0 Å². The maximum absolute atomic E-state index is 10.6. The van der Waals surface area contributed by atoms with Gasteiger partial charge in [0, 0.05) is 49.9 Å². The van der Waals surface area contributed by atoms with Crippen LogP contribution in [-0.2, 0) is 14.4 Å². The highest BCUT2D eigenvalue weighted by Crippen LogP contribution is 2.15. The first kappa shape index (κ1) is 31.2. The third-order valence-electron chi connectivity index (χ3n) is 6.68. The predicted molar refractivity (Wildman–Crippen MR) is 139 cm³/mol. The van der Waals surface area contributed by atoms with E-state index in [0.29, 0.717) is 49.0 Å². The van der Waals surface area contributed by atoms with Crippen molar-refractivity contribution in [2.45, 2.75) is 127 Å². The van der Waals surface area contributed by atoms with E-state index >= 15 is 0 Å². The maximum atomic E-state index is 10.6. The number of hydrogen-bond acceptors (Lipinski definition) is 10. The molecule has 202 valence electrons. The monoisotopic (exact) mass is 496 g/mol. The molecule has 0 aromatic rings. The number of nitrogens with two attached hydrogens (primary N) is 4. The molecule has 35 heavy (non-hydrogen) atoms. The third kappa shape index (κ3) is 15.7. The lowest BCUT2D eigenvalue weighted by atomic mass is 9.95. The van der Waals surface area contributed by atoms with E-state index in [2.05, 4.69) is 15.1 Å². The van der Waals surface area contributed by atoms with Gasteiger partial charge in [-0.3, -0.25) is 9.59 Å². The van der Waals surface area contributed by atoms with Gasteiger partial charge in [0.1, 0.15) is 18.7 Å². The summed E-state index contributed by atoms with van der Waals surface area (Å²) in [4.78, 5) is 25.8. The fraction of sp³-hybridized carbons (Fsp3) is 0.840. The van der Waals surface area contributed by atoms with Crippen molar-refractivity contribution in [2.24, 2.45) is 33.2 Å². The smallest absolute Gasteiger partial charge is 0.134 e. The van der Waals surface area contributed by atoms with Gasteiger partial charge in [-0.1, -0.05) is 10.3 Å². The minimum atomic E-state index is 0.163. The topological polar surface area (TPSA) is 192 Å². The van der Waals surface area contributed by atoms with Crippen molar-refractivity contribution in [1.29, 1.82) is 0 Å². The van der Waals surface area contributed by atoms with E-state index in [9.17, 15) is 9.59 Å². The molecule has 4 saturated carbocycles. The molecule has 9 N–H and O–H groups in total. The zero-order chi connectivity index (χ0) is 26.1. The first-order chi connectivity index (χ1) is 16.7. The van der Waals surface area contributed by atoms with Crippen LogP contribution in [0.1, 0.15) is 103 Å². The van der Waals surface area contributed by atoms with Gasteiger partial charge in [-0.25, -0.2) is 0 Å². The number of carbonyl (C=O) groups is 2. The van der Waals surface area contributed by atoms with Crippen LogP contribution in [0.3, 0.4) is 0 Å². The molecule has 0 aromatic heterocycles. The van der Waals surface area contributed by atoms with Gasteiger partial charge in [0.15, 0.2) is 0 Å². The van der Waals surface area contributed by atoms with Crippen molar-refractivity contribution < 1.29 is 19.6 Å². The van der Waals surface area contributed by atoms with Crippen molar-refractivity contribution in [3.63, 3.8) is 0 Å². The van der Waals surface area contributed by atoms with E-state index in [1.54, 1.807) is 7.11 Å². The summed E-state index contributed by atoms with van der Waals surface area (Å²) in [6, 6.07) is 1.18. The molecule has 10 heteroatoms. The Labute approximate surface area is 210 Å². The lowest BCUT2D eigenvalue weighted by Crippen LogP contribution is -2.27. The Kier molecular flexibility index (Phi) is 16.4. The van der Waals surface area contributed by atoms with E-state index in [-0.39, 0.29) is 6.04 Å². The fourth-order valence-electron chi connectivity index (χ4n) is 4.29. The Morgan fingerprint density at radius 3 is 1.46 bits per heavy atom. The molecule has 0 bridgehead atoms. The molecule has 0 spiro atoms. The van der Waals surface area contributed by atoms with Crippen molar-refractivity contribution >= 4 is 23.0 Å². The highest BCUT2D eigenvalue weighted by molar-refractivity contribution is 5.85. The quantitative estimate of drug-likeness (QED) is 0.270. The van der Waals surface area contributed by atoms with Crippen LogP contribution in [0, 0.1) is 0 Å². The largest absolute Gasteiger partial charge is 0.411 e. The van der Waals surface area contributed by atoms with E-state index in [1.807, 2.05) is 0 Å². The van der Waals surface area contributed by atoms with Crippen LogP contribution in [-0.4, -0.2) is 59.5 Å². The van der Waals surface area contributed by atoms with E-state index in [1.165, 1.54) is 0 Å². The first-order valence-electron chi connectivity index (χ1n) is 13.1. The van der Waals surface area contributed by atoms with E-state index in [0.717, 1.165) is 94.9 Å². The van der Waals surface area contributed by atoms with Gasteiger partial charge in [-0.2, -0.15) is 0 Å². The summed E-state index contributed by atoms with van der Waals surface area (Å²) < 4.78 is 0. The van der Waals surface area contributed by atoms with Gasteiger partial charge in [-0.05, 0) is 77.0 Å². The predicted octanol–water partition coefficient (Wildman–Crippen LogP) is 2.52. The molecule has 0 amide bonds. The zero-order valence-corrected chi connectivity index (χ0v) is 21.5. The molecule has 4 fully saturated rings. The summed E-state index contributed by atoms with van der Waals surface area (Å²) in [6.07, 6.45) is 14.4. The Morgan fingerprint density at radius 1 is 0.657 bits per heavy atom. The average Bonchev–Trinajstić information content (AvgIpc) is 2.84. The minimum absolute atomic E-state index is 0.163. The molecular formula is C25H48N6O4. The Hall–Kier alpha value is -1.88. The molecule has 4 aliphatic rings. The summed E-state index contributed by atoms with van der Waals surface area (Å²) >= 11 is 0. The molecule has 0 aliphatic heterocycles. The van der Waals surface area contributed by atoms with Crippen molar-refractivity contribution in [1.82, 2.24) is 0 Å². The summed E-state index contributed by atoms with van der Waals surface area (Å²) in [5, 5.41) is 15.3. The van der Waals surface area contributed by atoms with Crippen LogP contribution in [0.25, 0.3) is 0 Å². The van der Waals surface area contributed by atoms with Crippen LogP contribution in [0.2, 0.25) is 0 Å². The third-order valence-corrected chi connectivity index (χ3v) is 6.68. The molecule has 1 atom stereocenters. The Bertz CT molecular complexity index is 655. The van der Waals surface area contributed by atoms with E-state index in [4.69, 9.17) is 28.1 Å². The van der Waals surface area contributed by atoms with Crippen LogP contribution in [0.5, 0.6) is 0 Å². The first-order valence-corrected chi connectivity index (χ1v) is 13.1. The Balaban J connectivity index is 0.000000234. The van der Waals surface area contributed by atoms with Gasteiger partial charge < -0.3 is 33.0 Å². The Morgan fingerprint density at radius 2 is 1.11 bits per heavy atom. The second-order valence-corrected chi connectivity index (χ2v) is 9.95. The summed E-state index contributed by atoms with van der Waals surface area (Å²) in [6.45, 7) is 0. The standard InChI is InChI=1S/C7H14N2O.C6H12N2O.2C6H11NO/c1-10-9-7-4-2-6(8)3-5-7;7-5-1-3-6(8-9)4-2-5;7-5-1-3-6(8)4-2-5;7-5-2-1-3-6(8)4-5/h6H,2-5,8H2,1H3;5,9H,1-4,7H2;2*5H,1-4,7H2. The van der Waals surface area contributed by atoms with Gasteiger partial charge in [-0.15, -0.1) is 0 Å². The van der Waals surface area contributed by atoms with Crippen molar-refractivity contribution in [2.75, 3.05) is 7.11 Å². The van der Waals surface area contributed by atoms with Gasteiger partial charge in [0.25, 0.3) is 0 Å². The number of hydrogen-bond donors (Lipinski definition) is 5. The number of rotatable bonds is 1. The van der Waals surface area contributed by atoms with E-state index < -0.39 is 0 Å². The number of Topliss-reactive ketones (excluding diaryl/α,β-unsaturated/α-hetero) is 2. The minimum Gasteiger partial charge on any atom is -0.411 e. The molecule has 0 aromatic carbocycles. The molecule has 10 nitrogen and oxygen atoms in total. The second kappa shape index (κ2) is 18.4. The second-order valence-electron chi connectivity index (χ2n) is 9.95. The molecule has 4 rings (SSSR count). The molecule has 0 heterocycles.